The van der Waals surface area contributed by atoms with Crippen molar-refractivity contribution in [2.45, 2.75) is 26.3 Å². The lowest BCUT2D eigenvalue weighted by molar-refractivity contribution is -0.274. The van der Waals surface area contributed by atoms with Gasteiger partial charge in [0.05, 0.1) is 11.0 Å². The van der Waals surface area contributed by atoms with Crippen LogP contribution in [-0.2, 0) is 13.0 Å². The highest BCUT2D eigenvalue weighted by Gasteiger charge is 2.31. The van der Waals surface area contributed by atoms with Gasteiger partial charge in [-0.15, -0.1) is 13.2 Å². The second-order valence-electron chi connectivity index (χ2n) is 7.05. The molecule has 0 bridgehead atoms. The molecule has 0 unspecified atom stereocenters. The van der Waals surface area contributed by atoms with Crippen LogP contribution in [0.3, 0.4) is 0 Å². The van der Waals surface area contributed by atoms with E-state index < -0.39 is 6.36 Å². The first-order chi connectivity index (χ1) is 14.8. The Morgan fingerprint density at radius 3 is 2.39 bits per heavy atom. The molecule has 1 aromatic heterocycles. The number of aryl methyl sites for hydroxylation is 1. The van der Waals surface area contributed by atoms with Crippen molar-refractivity contribution in [3.05, 3.63) is 94.4 Å². The van der Waals surface area contributed by atoms with Crippen molar-refractivity contribution >= 4 is 11.0 Å². The third-order valence-electron chi connectivity index (χ3n) is 4.95. The Morgan fingerprint density at radius 2 is 1.68 bits per heavy atom. The molecule has 0 radical (unpaired) electrons. The molecule has 0 atom stereocenters. The Morgan fingerprint density at radius 1 is 0.935 bits per heavy atom. The first kappa shape index (κ1) is 20.7. The fourth-order valence-electron chi connectivity index (χ4n) is 3.56. The largest absolute Gasteiger partial charge is 0.573 e. The highest BCUT2D eigenvalue weighted by atomic mass is 19.4. The Hall–Kier alpha value is -3.61. The average molecular weight is 424 g/mol. The quantitative estimate of drug-likeness (QED) is 0.421. The predicted molar refractivity (Wildman–Crippen MR) is 113 cm³/mol. The topological polar surface area (TPSA) is 44.1 Å². The maximum Gasteiger partial charge on any atom is 0.573 e. The molecule has 1 heterocycles. The molecule has 31 heavy (non-hydrogen) atoms. The number of fused-ring (bicyclic) bond motifs is 1. The molecule has 0 saturated heterocycles. The van der Waals surface area contributed by atoms with Gasteiger partial charge in [-0.1, -0.05) is 48.5 Å². The van der Waals surface area contributed by atoms with E-state index >= 15 is 0 Å². The molecule has 4 aromatic rings. The zero-order chi connectivity index (χ0) is 22.0. The minimum Gasteiger partial charge on any atom is -0.406 e. The van der Waals surface area contributed by atoms with Crippen molar-refractivity contribution in [3.63, 3.8) is 0 Å². The van der Waals surface area contributed by atoms with Gasteiger partial charge in [-0.2, -0.15) is 0 Å². The highest BCUT2D eigenvalue weighted by Crippen LogP contribution is 2.29. The Kier molecular flexibility index (Phi) is 5.50. The van der Waals surface area contributed by atoms with E-state index in [1.54, 1.807) is 28.8 Å². The van der Waals surface area contributed by atoms with Crippen LogP contribution in [0.5, 0.6) is 5.75 Å². The van der Waals surface area contributed by atoms with E-state index in [1.807, 2.05) is 37.3 Å². The van der Waals surface area contributed by atoms with E-state index in [1.165, 1.54) is 18.2 Å². The Bertz CT molecular complexity index is 1280. The number of aromatic nitrogens is 2. The molecule has 0 saturated carbocycles. The molecule has 3 aromatic carbocycles. The number of rotatable bonds is 5. The van der Waals surface area contributed by atoms with Gasteiger partial charge in [-0.3, -0.25) is 4.79 Å². The van der Waals surface area contributed by atoms with Crippen molar-refractivity contribution in [2.24, 2.45) is 0 Å². The van der Waals surface area contributed by atoms with Gasteiger partial charge >= 0.3 is 6.36 Å². The maximum absolute atomic E-state index is 13.0. The standard InChI is InChI=1S/C24H19F3N2O2/c1-2-29-22-15-18(17-9-6-10-19(14-17)31-24(25,26)27)11-12-20(22)28-21(23(29)30)13-16-7-4-3-5-8-16/h3-12,14-15H,2,13H2,1H3. The van der Waals surface area contributed by atoms with Crippen LogP contribution in [0, 0.1) is 0 Å². The molecule has 4 rings (SSSR count). The third kappa shape index (κ3) is 4.60. The van der Waals surface area contributed by atoms with Crippen LogP contribution >= 0.6 is 0 Å². The maximum atomic E-state index is 13.0. The number of alkyl halides is 3. The summed E-state index contributed by atoms with van der Waals surface area (Å²) in [5.74, 6) is -0.297. The molecule has 0 aliphatic heterocycles. The molecule has 158 valence electrons. The molecule has 0 amide bonds. The summed E-state index contributed by atoms with van der Waals surface area (Å²) in [6.07, 6.45) is -4.34. The molecule has 7 heteroatoms. The van der Waals surface area contributed by atoms with Crippen molar-refractivity contribution in [2.75, 3.05) is 0 Å². The summed E-state index contributed by atoms with van der Waals surface area (Å²) < 4.78 is 43.3. The van der Waals surface area contributed by atoms with Gasteiger partial charge in [0, 0.05) is 13.0 Å². The second kappa shape index (κ2) is 8.26. The molecule has 0 spiro atoms. The minimum atomic E-state index is -4.76. The van der Waals surface area contributed by atoms with Gasteiger partial charge in [-0.25, -0.2) is 4.98 Å². The summed E-state index contributed by atoms with van der Waals surface area (Å²) in [6.45, 7) is 2.32. The van der Waals surface area contributed by atoms with Crippen LogP contribution in [-0.4, -0.2) is 15.9 Å². The lowest BCUT2D eigenvalue weighted by Crippen LogP contribution is -2.25. The smallest absolute Gasteiger partial charge is 0.406 e. The molecule has 0 N–H and O–H groups in total. The van der Waals surface area contributed by atoms with Gasteiger partial charge in [0.2, 0.25) is 0 Å². The van der Waals surface area contributed by atoms with Crippen molar-refractivity contribution < 1.29 is 17.9 Å². The zero-order valence-electron chi connectivity index (χ0n) is 16.7. The SMILES string of the molecule is CCn1c(=O)c(Cc2ccccc2)nc2ccc(-c3cccc(OC(F)(F)F)c3)cc21. The van der Waals surface area contributed by atoms with E-state index in [2.05, 4.69) is 9.72 Å². The fraction of sp³-hybridized carbons (Fsp3) is 0.167. The summed E-state index contributed by atoms with van der Waals surface area (Å²) in [5.41, 5.74) is 3.76. The van der Waals surface area contributed by atoms with Gasteiger partial charge in [-0.05, 0) is 47.9 Å². The summed E-state index contributed by atoms with van der Waals surface area (Å²) >= 11 is 0. The first-order valence-electron chi connectivity index (χ1n) is 9.77. The van der Waals surface area contributed by atoms with Crippen molar-refractivity contribution in [1.82, 2.24) is 9.55 Å². The van der Waals surface area contributed by atoms with Crippen LogP contribution in [0.25, 0.3) is 22.2 Å². The van der Waals surface area contributed by atoms with Gasteiger partial charge in [0.1, 0.15) is 11.4 Å². The van der Waals surface area contributed by atoms with Crippen molar-refractivity contribution in [1.29, 1.82) is 0 Å². The summed E-state index contributed by atoms with van der Waals surface area (Å²) in [6, 6.07) is 20.7. The number of halogens is 3. The summed E-state index contributed by atoms with van der Waals surface area (Å²) in [5, 5.41) is 0. The number of hydrogen-bond donors (Lipinski definition) is 0. The first-order valence-corrected chi connectivity index (χ1v) is 9.77. The van der Waals surface area contributed by atoms with Crippen LogP contribution in [0.1, 0.15) is 18.2 Å². The van der Waals surface area contributed by atoms with Crippen LogP contribution < -0.4 is 10.3 Å². The average Bonchev–Trinajstić information content (AvgIpc) is 2.74. The molecule has 4 nitrogen and oxygen atoms in total. The van der Waals surface area contributed by atoms with E-state index in [4.69, 9.17) is 0 Å². The van der Waals surface area contributed by atoms with Gasteiger partial charge in [0.15, 0.2) is 0 Å². The Labute approximate surface area is 176 Å². The predicted octanol–water partition coefficient (Wildman–Crippen LogP) is 5.57. The minimum absolute atomic E-state index is 0.176. The number of nitrogens with zero attached hydrogens (tertiary/aromatic N) is 2. The van der Waals surface area contributed by atoms with E-state index in [9.17, 15) is 18.0 Å². The Balaban J connectivity index is 1.77. The molecule has 0 fully saturated rings. The van der Waals surface area contributed by atoms with Gasteiger partial charge in [0.25, 0.3) is 5.56 Å². The summed E-state index contributed by atoms with van der Waals surface area (Å²) in [7, 11) is 0. The molecule has 0 aliphatic carbocycles. The number of ether oxygens (including phenoxy) is 1. The summed E-state index contributed by atoms with van der Waals surface area (Å²) in [4.78, 5) is 17.6. The monoisotopic (exact) mass is 424 g/mol. The van der Waals surface area contributed by atoms with E-state index in [0.29, 0.717) is 40.8 Å². The van der Waals surface area contributed by atoms with Gasteiger partial charge < -0.3 is 9.30 Å². The number of benzene rings is 3. The van der Waals surface area contributed by atoms with E-state index in [0.717, 1.165) is 5.56 Å². The lowest BCUT2D eigenvalue weighted by Gasteiger charge is -2.13. The highest BCUT2D eigenvalue weighted by molar-refractivity contribution is 5.82. The number of hydrogen-bond acceptors (Lipinski definition) is 3. The lowest BCUT2D eigenvalue weighted by atomic mass is 10.0. The van der Waals surface area contributed by atoms with E-state index in [-0.39, 0.29) is 11.3 Å². The normalized spacial score (nSPS) is 11.6. The zero-order valence-corrected chi connectivity index (χ0v) is 16.7. The second-order valence-corrected chi connectivity index (χ2v) is 7.05. The molecule has 0 aliphatic rings. The fourth-order valence-corrected chi connectivity index (χ4v) is 3.56. The van der Waals surface area contributed by atoms with Crippen LogP contribution in [0.4, 0.5) is 13.2 Å². The molecular weight excluding hydrogens is 405 g/mol. The molecular formula is C24H19F3N2O2. The van der Waals surface area contributed by atoms with Crippen LogP contribution in [0.15, 0.2) is 77.6 Å². The third-order valence-corrected chi connectivity index (χ3v) is 4.95. The van der Waals surface area contributed by atoms with Crippen LogP contribution in [0.2, 0.25) is 0 Å². The van der Waals surface area contributed by atoms with Crippen molar-refractivity contribution in [3.8, 4) is 16.9 Å².